The van der Waals surface area contributed by atoms with Crippen molar-refractivity contribution in [2.24, 2.45) is 0 Å². The van der Waals surface area contributed by atoms with Gasteiger partial charge in [0.1, 0.15) is 6.04 Å². The lowest BCUT2D eigenvalue weighted by Crippen LogP contribution is -2.43. The van der Waals surface area contributed by atoms with Crippen LogP contribution in [0.25, 0.3) is 10.9 Å². The highest BCUT2D eigenvalue weighted by Gasteiger charge is 2.29. The number of nitrogens with one attached hydrogen (secondary N) is 2. The molecule has 6 heteroatoms. The monoisotopic (exact) mass is 401 g/mol. The SMILES string of the molecule is CCNC(C(=O)N1CCc2c([nH]c3ccc(Cl)cc23)C1)c1cccc(Cl)c1. The number of aromatic amines is 1. The molecule has 0 radical (unpaired) electrons. The second-order valence-electron chi connectivity index (χ2n) is 6.83. The van der Waals surface area contributed by atoms with Crippen molar-refractivity contribution in [2.45, 2.75) is 25.9 Å². The molecule has 0 bridgehead atoms. The lowest BCUT2D eigenvalue weighted by Gasteiger charge is -2.31. The molecular weight excluding hydrogens is 381 g/mol. The van der Waals surface area contributed by atoms with E-state index in [0.717, 1.165) is 33.6 Å². The van der Waals surface area contributed by atoms with Gasteiger partial charge in [-0.25, -0.2) is 0 Å². The summed E-state index contributed by atoms with van der Waals surface area (Å²) in [6.45, 7) is 3.96. The topological polar surface area (TPSA) is 48.1 Å². The molecule has 0 saturated carbocycles. The van der Waals surface area contributed by atoms with Crippen LogP contribution in [-0.2, 0) is 17.8 Å². The van der Waals surface area contributed by atoms with E-state index in [1.54, 1.807) is 0 Å². The fraction of sp³-hybridized carbons (Fsp3) is 0.286. The molecule has 2 N–H and O–H groups in total. The molecule has 0 fully saturated rings. The summed E-state index contributed by atoms with van der Waals surface area (Å²) in [5.74, 6) is 0.0708. The van der Waals surface area contributed by atoms with Crippen LogP contribution in [-0.4, -0.2) is 28.9 Å². The highest BCUT2D eigenvalue weighted by atomic mass is 35.5. The van der Waals surface area contributed by atoms with Crippen LogP contribution in [0, 0.1) is 0 Å². The van der Waals surface area contributed by atoms with E-state index in [2.05, 4.69) is 10.3 Å². The van der Waals surface area contributed by atoms with Gasteiger partial charge in [0, 0.05) is 33.2 Å². The third kappa shape index (κ3) is 3.57. The zero-order valence-electron chi connectivity index (χ0n) is 15.1. The summed E-state index contributed by atoms with van der Waals surface area (Å²) in [4.78, 5) is 18.6. The zero-order valence-corrected chi connectivity index (χ0v) is 16.6. The third-order valence-electron chi connectivity index (χ3n) is 5.09. The number of fused-ring (bicyclic) bond motifs is 3. The molecule has 3 aromatic rings. The predicted molar refractivity (Wildman–Crippen MR) is 110 cm³/mol. The fourth-order valence-corrected chi connectivity index (χ4v) is 4.19. The van der Waals surface area contributed by atoms with Crippen LogP contribution in [0.2, 0.25) is 10.0 Å². The number of carbonyl (C=O) groups excluding carboxylic acids is 1. The van der Waals surface area contributed by atoms with Crippen molar-refractivity contribution in [3.63, 3.8) is 0 Å². The van der Waals surface area contributed by atoms with E-state index < -0.39 is 6.04 Å². The molecule has 1 atom stereocenters. The van der Waals surface area contributed by atoms with E-state index in [0.29, 0.717) is 24.7 Å². The Labute approximate surface area is 168 Å². The Balaban J connectivity index is 1.61. The number of hydrogen-bond donors (Lipinski definition) is 2. The number of likely N-dealkylation sites (N-methyl/N-ethyl adjacent to an activating group) is 1. The number of amides is 1. The number of benzene rings is 2. The maximum absolute atomic E-state index is 13.3. The van der Waals surface area contributed by atoms with Gasteiger partial charge in [-0.3, -0.25) is 4.79 Å². The average molecular weight is 402 g/mol. The van der Waals surface area contributed by atoms with Gasteiger partial charge in [-0.05, 0) is 54.4 Å². The molecule has 1 aliphatic heterocycles. The normalized spacial score (nSPS) is 15.0. The van der Waals surface area contributed by atoms with E-state index in [-0.39, 0.29) is 5.91 Å². The van der Waals surface area contributed by atoms with Crippen LogP contribution >= 0.6 is 23.2 Å². The number of H-pyrrole nitrogens is 1. The van der Waals surface area contributed by atoms with Crippen molar-refractivity contribution in [3.8, 4) is 0 Å². The van der Waals surface area contributed by atoms with Gasteiger partial charge in [-0.15, -0.1) is 0 Å². The molecule has 1 amide bonds. The molecule has 1 aliphatic rings. The number of rotatable bonds is 4. The summed E-state index contributed by atoms with van der Waals surface area (Å²) in [6, 6.07) is 13.0. The summed E-state index contributed by atoms with van der Waals surface area (Å²) in [7, 11) is 0. The lowest BCUT2D eigenvalue weighted by atomic mass is 10.0. The Bertz CT molecular complexity index is 998. The van der Waals surface area contributed by atoms with Gasteiger partial charge < -0.3 is 15.2 Å². The summed E-state index contributed by atoms with van der Waals surface area (Å²) in [6.07, 6.45) is 0.815. The van der Waals surface area contributed by atoms with Crippen LogP contribution < -0.4 is 5.32 Å². The fourth-order valence-electron chi connectivity index (χ4n) is 3.82. The Hall–Kier alpha value is -2.01. The number of nitrogens with zero attached hydrogens (tertiary/aromatic N) is 1. The highest BCUT2D eigenvalue weighted by Crippen LogP contribution is 2.31. The van der Waals surface area contributed by atoms with Gasteiger partial charge in [0.15, 0.2) is 0 Å². The van der Waals surface area contributed by atoms with E-state index >= 15 is 0 Å². The van der Waals surface area contributed by atoms with Gasteiger partial charge >= 0.3 is 0 Å². The summed E-state index contributed by atoms with van der Waals surface area (Å²) in [5, 5.41) is 5.83. The molecular formula is C21H21Cl2N3O. The summed E-state index contributed by atoms with van der Waals surface area (Å²) < 4.78 is 0. The number of hydrogen-bond acceptors (Lipinski definition) is 2. The molecule has 140 valence electrons. The minimum atomic E-state index is -0.394. The summed E-state index contributed by atoms with van der Waals surface area (Å²) in [5.41, 5.74) is 4.31. The van der Waals surface area contributed by atoms with E-state index in [9.17, 15) is 4.79 Å². The number of carbonyl (C=O) groups is 1. The maximum Gasteiger partial charge on any atom is 0.244 e. The predicted octanol–water partition coefficient (Wildman–Crippen LogP) is 4.71. The molecule has 4 nitrogen and oxygen atoms in total. The van der Waals surface area contributed by atoms with Crippen LogP contribution in [0.3, 0.4) is 0 Å². The zero-order chi connectivity index (χ0) is 19.0. The van der Waals surface area contributed by atoms with Gasteiger partial charge in [0.2, 0.25) is 5.91 Å². The molecule has 0 saturated heterocycles. The van der Waals surface area contributed by atoms with Gasteiger partial charge in [-0.2, -0.15) is 0 Å². The van der Waals surface area contributed by atoms with Crippen molar-refractivity contribution < 1.29 is 4.79 Å². The lowest BCUT2D eigenvalue weighted by molar-refractivity contribution is -0.134. The first-order valence-corrected chi connectivity index (χ1v) is 9.89. The number of aromatic nitrogens is 1. The van der Waals surface area contributed by atoms with E-state index in [1.165, 1.54) is 5.56 Å². The first-order chi connectivity index (χ1) is 13.1. The van der Waals surface area contributed by atoms with Crippen molar-refractivity contribution in [3.05, 3.63) is 69.3 Å². The van der Waals surface area contributed by atoms with Crippen molar-refractivity contribution in [1.82, 2.24) is 15.2 Å². The van der Waals surface area contributed by atoms with Crippen LogP contribution in [0.15, 0.2) is 42.5 Å². The third-order valence-corrected chi connectivity index (χ3v) is 5.56. The van der Waals surface area contributed by atoms with Gasteiger partial charge in [-0.1, -0.05) is 42.3 Å². The quantitative estimate of drug-likeness (QED) is 0.664. The maximum atomic E-state index is 13.3. The second-order valence-corrected chi connectivity index (χ2v) is 7.70. The minimum absolute atomic E-state index is 0.0708. The number of halogens is 2. The minimum Gasteiger partial charge on any atom is -0.357 e. The van der Waals surface area contributed by atoms with E-state index in [4.69, 9.17) is 23.2 Å². The molecule has 1 aromatic heterocycles. The van der Waals surface area contributed by atoms with Crippen LogP contribution in [0.1, 0.15) is 29.8 Å². The van der Waals surface area contributed by atoms with Crippen molar-refractivity contribution in [2.75, 3.05) is 13.1 Å². The Morgan fingerprint density at radius 2 is 2.04 bits per heavy atom. The first kappa shape index (κ1) is 18.4. The second kappa shape index (κ2) is 7.55. The van der Waals surface area contributed by atoms with Crippen molar-refractivity contribution >= 4 is 40.0 Å². The molecule has 2 heterocycles. The van der Waals surface area contributed by atoms with Crippen LogP contribution in [0.4, 0.5) is 0 Å². The largest absolute Gasteiger partial charge is 0.357 e. The van der Waals surface area contributed by atoms with Crippen molar-refractivity contribution in [1.29, 1.82) is 0 Å². The Morgan fingerprint density at radius 1 is 1.22 bits per heavy atom. The molecule has 0 aliphatic carbocycles. The summed E-state index contributed by atoms with van der Waals surface area (Å²) >= 11 is 12.3. The molecule has 2 aromatic carbocycles. The first-order valence-electron chi connectivity index (χ1n) is 9.13. The highest BCUT2D eigenvalue weighted by molar-refractivity contribution is 6.31. The Kier molecular flexibility index (Phi) is 5.13. The molecule has 1 unspecified atom stereocenters. The van der Waals surface area contributed by atoms with Crippen LogP contribution in [0.5, 0.6) is 0 Å². The average Bonchev–Trinajstić information content (AvgIpc) is 3.02. The smallest absolute Gasteiger partial charge is 0.244 e. The molecule has 4 rings (SSSR count). The van der Waals surface area contributed by atoms with Gasteiger partial charge in [0.05, 0.1) is 6.54 Å². The Morgan fingerprint density at radius 3 is 2.81 bits per heavy atom. The standard InChI is InChI=1S/C21H21Cl2N3O/c1-2-24-20(13-4-3-5-14(22)10-13)21(27)26-9-8-16-17-11-15(23)6-7-18(17)25-19(16)12-26/h3-7,10-11,20,24-25H,2,8-9,12H2,1H3. The molecule has 0 spiro atoms. The van der Waals surface area contributed by atoms with E-state index in [1.807, 2.05) is 54.3 Å². The molecule has 27 heavy (non-hydrogen) atoms. The van der Waals surface area contributed by atoms with Gasteiger partial charge in [0.25, 0.3) is 0 Å².